The number of rotatable bonds is 5. The van der Waals surface area contributed by atoms with Gasteiger partial charge in [-0.2, -0.15) is 5.10 Å². The first kappa shape index (κ1) is 17.1. The molecule has 9 heteroatoms. The first-order chi connectivity index (χ1) is 13.8. The van der Waals surface area contributed by atoms with Crippen molar-refractivity contribution in [2.45, 2.75) is 31.8 Å². The Morgan fingerprint density at radius 2 is 2.11 bits per heavy atom. The van der Waals surface area contributed by atoms with Gasteiger partial charge in [0.05, 0.1) is 0 Å². The van der Waals surface area contributed by atoms with Crippen molar-refractivity contribution in [1.82, 2.24) is 39.8 Å². The normalized spacial score (nSPS) is 18.1. The molecule has 0 saturated carbocycles. The summed E-state index contributed by atoms with van der Waals surface area (Å²) >= 11 is 0. The molecule has 4 heterocycles. The zero-order chi connectivity index (χ0) is 18.9. The highest BCUT2D eigenvalue weighted by molar-refractivity contribution is 5.76. The van der Waals surface area contributed by atoms with Crippen molar-refractivity contribution in [3.05, 3.63) is 53.9 Å². The number of aromatic nitrogens is 7. The van der Waals surface area contributed by atoms with E-state index in [-0.39, 0.29) is 0 Å². The maximum atomic E-state index is 4.90. The van der Waals surface area contributed by atoms with Crippen molar-refractivity contribution < 1.29 is 4.63 Å². The topological polar surface area (TPSA) is 90.7 Å². The third kappa shape index (κ3) is 3.18. The molecule has 5 rings (SSSR count). The number of nitrogens with zero attached hydrogens (tertiary/aromatic N) is 8. The second-order valence-corrected chi connectivity index (χ2v) is 7.36. The minimum Gasteiger partial charge on any atom is -0.316 e. The van der Waals surface area contributed by atoms with Gasteiger partial charge in [0, 0.05) is 38.4 Å². The molecule has 4 aromatic rings. The molecular formula is C19H22N8O. The van der Waals surface area contributed by atoms with Crippen LogP contribution < -0.4 is 0 Å². The smallest absolute Gasteiger partial charge is 0.154 e. The third-order valence-corrected chi connectivity index (χ3v) is 5.50. The van der Waals surface area contributed by atoms with Gasteiger partial charge >= 0.3 is 0 Å². The molecule has 0 spiro atoms. The molecule has 1 fully saturated rings. The van der Waals surface area contributed by atoms with Crippen LogP contribution in [0.25, 0.3) is 11.0 Å². The summed E-state index contributed by atoms with van der Waals surface area (Å²) < 4.78 is 8.89. The van der Waals surface area contributed by atoms with E-state index < -0.39 is 0 Å². The molecule has 0 N–H and O–H groups in total. The first-order valence-electron chi connectivity index (χ1n) is 9.56. The van der Waals surface area contributed by atoms with E-state index in [1.807, 2.05) is 29.1 Å². The molecule has 1 aliphatic rings. The summed E-state index contributed by atoms with van der Waals surface area (Å²) in [5.41, 5.74) is 2.81. The molecule has 1 atom stereocenters. The third-order valence-electron chi connectivity index (χ3n) is 5.50. The van der Waals surface area contributed by atoms with Gasteiger partial charge in [0.1, 0.15) is 23.4 Å². The Labute approximate surface area is 161 Å². The Balaban J connectivity index is 1.32. The molecule has 0 unspecified atom stereocenters. The molecular weight excluding hydrogens is 356 g/mol. The summed E-state index contributed by atoms with van der Waals surface area (Å²) in [5, 5.41) is 21.2. The van der Waals surface area contributed by atoms with Crippen molar-refractivity contribution in [3.63, 3.8) is 0 Å². The van der Waals surface area contributed by atoms with Gasteiger partial charge in [-0.3, -0.25) is 9.58 Å². The average Bonchev–Trinajstić information content (AvgIpc) is 3.45. The molecule has 144 valence electrons. The number of hydrogen-bond donors (Lipinski definition) is 0. The predicted molar refractivity (Wildman–Crippen MR) is 101 cm³/mol. The molecule has 3 aromatic heterocycles. The molecule has 1 aliphatic heterocycles. The molecule has 1 saturated heterocycles. The van der Waals surface area contributed by atoms with E-state index in [0.29, 0.717) is 12.5 Å². The fourth-order valence-corrected chi connectivity index (χ4v) is 4.05. The average molecular weight is 378 g/mol. The highest BCUT2D eigenvalue weighted by atomic mass is 16.6. The zero-order valence-electron chi connectivity index (χ0n) is 15.8. The van der Waals surface area contributed by atoms with Crippen LogP contribution in [0.1, 0.15) is 36.0 Å². The van der Waals surface area contributed by atoms with Crippen molar-refractivity contribution in [2.75, 3.05) is 13.1 Å². The Kier molecular flexibility index (Phi) is 4.36. The van der Waals surface area contributed by atoms with Crippen molar-refractivity contribution >= 4 is 11.0 Å². The van der Waals surface area contributed by atoms with Crippen molar-refractivity contribution in [2.24, 2.45) is 7.05 Å². The van der Waals surface area contributed by atoms with E-state index in [1.165, 1.54) is 0 Å². The summed E-state index contributed by atoms with van der Waals surface area (Å²) in [6, 6.07) is 7.95. The molecule has 0 amide bonds. The van der Waals surface area contributed by atoms with E-state index >= 15 is 0 Å². The van der Waals surface area contributed by atoms with E-state index in [9.17, 15) is 0 Å². The highest BCUT2D eigenvalue weighted by Crippen LogP contribution is 2.27. The van der Waals surface area contributed by atoms with E-state index in [1.54, 1.807) is 6.20 Å². The number of piperidine rings is 1. The lowest BCUT2D eigenvalue weighted by molar-refractivity contribution is 0.195. The van der Waals surface area contributed by atoms with Gasteiger partial charge in [0.25, 0.3) is 0 Å². The van der Waals surface area contributed by atoms with E-state index in [4.69, 9.17) is 4.63 Å². The van der Waals surface area contributed by atoms with Crippen LogP contribution in [0.3, 0.4) is 0 Å². The van der Waals surface area contributed by atoms with Gasteiger partial charge in [0.2, 0.25) is 0 Å². The largest absolute Gasteiger partial charge is 0.316 e. The second-order valence-electron chi connectivity index (χ2n) is 7.36. The predicted octanol–water partition coefficient (Wildman–Crippen LogP) is 1.98. The maximum Gasteiger partial charge on any atom is 0.154 e. The number of likely N-dealkylation sites (tertiary alicyclic amines) is 1. The van der Waals surface area contributed by atoms with Gasteiger partial charge in [-0.05, 0) is 47.4 Å². The lowest BCUT2D eigenvalue weighted by atomic mass is 9.96. The minimum atomic E-state index is 0.368. The molecule has 0 bridgehead atoms. The Morgan fingerprint density at radius 1 is 1.14 bits per heavy atom. The van der Waals surface area contributed by atoms with Gasteiger partial charge in [-0.1, -0.05) is 12.1 Å². The molecule has 1 aromatic carbocycles. The highest BCUT2D eigenvalue weighted by Gasteiger charge is 2.26. The lowest BCUT2D eigenvalue weighted by Crippen LogP contribution is -2.35. The van der Waals surface area contributed by atoms with Crippen LogP contribution in [0, 0.1) is 0 Å². The minimum absolute atomic E-state index is 0.368. The summed E-state index contributed by atoms with van der Waals surface area (Å²) in [4.78, 5) is 2.46. The summed E-state index contributed by atoms with van der Waals surface area (Å²) in [7, 11) is 2.05. The maximum absolute atomic E-state index is 4.90. The van der Waals surface area contributed by atoms with Crippen molar-refractivity contribution in [1.29, 1.82) is 0 Å². The van der Waals surface area contributed by atoms with Crippen LogP contribution in [0.5, 0.6) is 0 Å². The lowest BCUT2D eigenvalue weighted by Gasteiger charge is -2.32. The number of fused-ring (bicyclic) bond motifs is 1. The van der Waals surface area contributed by atoms with Crippen LogP contribution in [-0.4, -0.2) is 52.8 Å². The SMILES string of the molecule is Cn1c(Cn2cccn2)nnc1[C@H]1CCCN(Cc2cccc3nonc23)C1. The fraction of sp³-hybridized carbons (Fsp3) is 0.421. The Morgan fingerprint density at radius 3 is 3.00 bits per heavy atom. The summed E-state index contributed by atoms with van der Waals surface area (Å²) in [5.74, 6) is 2.34. The number of hydrogen-bond acceptors (Lipinski definition) is 7. The van der Waals surface area contributed by atoms with Crippen LogP contribution in [-0.2, 0) is 20.1 Å². The Bertz CT molecular complexity index is 1070. The zero-order valence-corrected chi connectivity index (χ0v) is 15.8. The van der Waals surface area contributed by atoms with E-state index in [0.717, 1.165) is 60.7 Å². The molecule has 9 nitrogen and oxygen atoms in total. The van der Waals surface area contributed by atoms with Crippen LogP contribution in [0.4, 0.5) is 0 Å². The van der Waals surface area contributed by atoms with Gasteiger partial charge < -0.3 is 4.57 Å². The van der Waals surface area contributed by atoms with Crippen molar-refractivity contribution in [3.8, 4) is 0 Å². The summed E-state index contributed by atoms with van der Waals surface area (Å²) in [6.45, 7) is 3.49. The number of benzene rings is 1. The first-order valence-corrected chi connectivity index (χ1v) is 9.56. The molecule has 0 aliphatic carbocycles. The van der Waals surface area contributed by atoms with Crippen LogP contribution in [0.2, 0.25) is 0 Å². The second kappa shape index (κ2) is 7.16. The van der Waals surface area contributed by atoms with Crippen LogP contribution in [0.15, 0.2) is 41.3 Å². The van der Waals surface area contributed by atoms with Gasteiger partial charge in [-0.25, -0.2) is 4.63 Å². The summed E-state index contributed by atoms with van der Waals surface area (Å²) in [6.07, 6.45) is 5.98. The Hall–Kier alpha value is -3.07. The standard InChI is InChI=1S/C19H22N8O/c1-25-17(13-27-10-4-8-20-27)21-22-19(25)15-6-3-9-26(12-15)11-14-5-2-7-16-18(14)24-28-23-16/h2,4-5,7-8,10,15H,3,6,9,11-13H2,1H3/t15-/m0/s1. The monoisotopic (exact) mass is 378 g/mol. The van der Waals surface area contributed by atoms with Gasteiger partial charge in [0.15, 0.2) is 5.82 Å². The van der Waals surface area contributed by atoms with Crippen LogP contribution >= 0.6 is 0 Å². The molecule has 28 heavy (non-hydrogen) atoms. The quantitative estimate of drug-likeness (QED) is 0.524. The fourth-order valence-electron chi connectivity index (χ4n) is 4.05. The van der Waals surface area contributed by atoms with E-state index in [2.05, 4.69) is 48.2 Å². The van der Waals surface area contributed by atoms with Gasteiger partial charge in [-0.15, -0.1) is 10.2 Å². The molecule has 0 radical (unpaired) electrons.